The molecule has 2 atom stereocenters. The van der Waals surface area contributed by atoms with Gasteiger partial charge in [-0.25, -0.2) is 4.79 Å². The van der Waals surface area contributed by atoms with Gasteiger partial charge in [0.05, 0.1) is 0 Å². The van der Waals surface area contributed by atoms with Gasteiger partial charge in [0.2, 0.25) is 5.91 Å². The van der Waals surface area contributed by atoms with Crippen molar-refractivity contribution in [2.24, 2.45) is 5.92 Å². The quantitative estimate of drug-likeness (QED) is 0.878. The molecule has 1 aliphatic rings. The first kappa shape index (κ1) is 16.0. The zero-order valence-electron chi connectivity index (χ0n) is 12.5. The molecule has 5 heteroatoms. The Hall–Kier alpha value is -1.36. The first-order chi connectivity index (χ1) is 10.1. The predicted molar refractivity (Wildman–Crippen MR) is 83.4 cm³/mol. The van der Waals surface area contributed by atoms with E-state index in [1.54, 1.807) is 16.2 Å². The van der Waals surface area contributed by atoms with Gasteiger partial charge in [-0.1, -0.05) is 19.4 Å². The summed E-state index contributed by atoms with van der Waals surface area (Å²) in [5.74, 6) is -0.436. The number of carboxylic acid groups (broad SMARTS) is 1. The van der Waals surface area contributed by atoms with E-state index >= 15 is 0 Å². The molecule has 2 rings (SSSR count). The van der Waals surface area contributed by atoms with E-state index in [9.17, 15) is 14.7 Å². The number of nitrogens with zero attached hydrogens (tertiary/aromatic N) is 1. The van der Waals surface area contributed by atoms with Crippen LogP contribution >= 0.6 is 11.3 Å². The number of carbonyl (C=O) groups is 2. The minimum Gasteiger partial charge on any atom is -0.480 e. The maximum Gasteiger partial charge on any atom is 0.326 e. The van der Waals surface area contributed by atoms with Crippen LogP contribution in [0.4, 0.5) is 0 Å². The number of hydrogen-bond donors (Lipinski definition) is 1. The molecule has 0 radical (unpaired) electrons. The highest BCUT2D eigenvalue weighted by Crippen LogP contribution is 2.26. The molecule has 2 heterocycles. The predicted octanol–water partition coefficient (Wildman–Crippen LogP) is 3.17. The van der Waals surface area contributed by atoms with Gasteiger partial charge in [-0.3, -0.25) is 4.79 Å². The second kappa shape index (κ2) is 7.59. The van der Waals surface area contributed by atoms with Crippen molar-refractivity contribution in [1.82, 2.24) is 4.90 Å². The Morgan fingerprint density at radius 2 is 2.29 bits per heavy atom. The number of aliphatic carboxylic acids is 1. The number of carbonyl (C=O) groups excluding carboxylic acids is 1. The molecule has 1 N–H and O–H groups in total. The van der Waals surface area contributed by atoms with E-state index in [-0.39, 0.29) is 5.91 Å². The van der Waals surface area contributed by atoms with Gasteiger partial charge in [-0.2, -0.15) is 0 Å². The molecule has 0 aromatic carbocycles. The first-order valence-electron chi connectivity index (χ1n) is 7.66. The Bertz CT molecular complexity index is 472. The zero-order chi connectivity index (χ0) is 15.2. The maximum absolute atomic E-state index is 12.3. The van der Waals surface area contributed by atoms with Crippen LogP contribution < -0.4 is 0 Å². The lowest BCUT2D eigenvalue weighted by Crippen LogP contribution is -2.50. The average molecular weight is 309 g/mol. The molecular weight excluding hydrogens is 286 g/mol. The topological polar surface area (TPSA) is 57.6 Å². The van der Waals surface area contributed by atoms with Crippen LogP contribution in [-0.2, 0) is 16.0 Å². The molecule has 0 bridgehead atoms. The molecule has 0 spiro atoms. The van der Waals surface area contributed by atoms with Gasteiger partial charge in [0.1, 0.15) is 6.04 Å². The SMILES string of the molecule is CCC1CCN(C(=O)CCCc2cccs2)C(C(=O)O)C1. The van der Waals surface area contributed by atoms with Crippen molar-refractivity contribution in [3.8, 4) is 0 Å². The summed E-state index contributed by atoms with van der Waals surface area (Å²) in [6.45, 7) is 2.68. The fourth-order valence-electron chi connectivity index (χ4n) is 2.95. The van der Waals surface area contributed by atoms with E-state index in [0.717, 1.165) is 25.7 Å². The molecule has 1 saturated heterocycles. The third-order valence-corrected chi connectivity index (χ3v) is 5.22. The van der Waals surface area contributed by atoms with Crippen molar-refractivity contribution in [3.63, 3.8) is 0 Å². The van der Waals surface area contributed by atoms with E-state index in [1.807, 2.05) is 11.4 Å². The lowest BCUT2D eigenvalue weighted by atomic mass is 9.88. The van der Waals surface area contributed by atoms with Crippen molar-refractivity contribution in [2.45, 2.75) is 51.5 Å². The van der Waals surface area contributed by atoms with E-state index in [1.165, 1.54) is 4.88 Å². The van der Waals surface area contributed by atoms with Crippen molar-refractivity contribution in [1.29, 1.82) is 0 Å². The molecule has 4 nitrogen and oxygen atoms in total. The molecule has 1 aromatic rings. The van der Waals surface area contributed by atoms with Crippen LogP contribution in [-0.4, -0.2) is 34.5 Å². The zero-order valence-corrected chi connectivity index (χ0v) is 13.3. The molecular formula is C16H23NO3S. The van der Waals surface area contributed by atoms with Crippen molar-refractivity contribution in [3.05, 3.63) is 22.4 Å². The number of rotatable bonds is 6. The van der Waals surface area contributed by atoms with Gasteiger partial charge in [0, 0.05) is 17.8 Å². The van der Waals surface area contributed by atoms with Crippen molar-refractivity contribution in [2.75, 3.05) is 6.54 Å². The van der Waals surface area contributed by atoms with E-state index in [2.05, 4.69) is 13.0 Å². The summed E-state index contributed by atoms with van der Waals surface area (Å²) in [5.41, 5.74) is 0. The highest BCUT2D eigenvalue weighted by atomic mass is 32.1. The number of aryl methyl sites for hydroxylation is 1. The lowest BCUT2D eigenvalue weighted by Gasteiger charge is -2.37. The second-order valence-corrected chi connectivity index (χ2v) is 6.70. The molecule has 1 aliphatic heterocycles. The van der Waals surface area contributed by atoms with Crippen LogP contribution in [0, 0.1) is 5.92 Å². The van der Waals surface area contributed by atoms with Gasteiger partial charge in [0.25, 0.3) is 0 Å². The maximum atomic E-state index is 12.3. The second-order valence-electron chi connectivity index (χ2n) is 5.67. The van der Waals surface area contributed by atoms with E-state index in [0.29, 0.717) is 25.3 Å². The fraction of sp³-hybridized carbons (Fsp3) is 0.625. The molecule has 1 aromatic heterocycles. The molecule has 1 amide bonds. The first-order valence-corrected chi connectivity index (χ1v) is 8.54. The minimum atomic E-state index is -0.861. The van der Waals surface area contributed by atoms with Gasteiger partial charge < -0.3 is 10.0 Å². The Labute approximate surface area is 129 Å². The molecule has 21 heavy (non-hydrogen) atoms. The fourth-order valence-corrected chi connectivity index (χ4v) is 3.71. The molecule has 116 valence electrons. The normalized spacial score (nSPS) is 22.2. The smallest absolute Gasteiger partial charge is 0.326 e. The Balaban J connectivity index is 1.86. The average Bonchev–Trinajstić information content (AvgIpc) is 2.99. The Morgan fingerprint density at radius 3 is 2.90 bits per heavy atom. The number of amides is 1. The number of thiophene rings is 1. The third kappa shape index (κ3) is 4.30. The number of likely N-dealkylation sites (tertiary alicyclic amines) is 1. The van der Waals surface area contributed by atoms with Crippen LogP contribution in [0.2, 0.25) is 0 Å². The van der Waals surface area contributed by atoms with Gasteiger partial charge in [-0.05, 0) is 43.0 Å². The lowest BCUT2D eigenvalue weighted by molar-refractivity contribution is -0.153. The standard InChI is InChI=1S/C16H23NO3S/c1-2-12-8-9-17(14(11-12)16(19)20)15(18)7-3-5-13-6-4-10-21-13/h4,6,10,12,14H,2-3,5,7-9,11H2,1H3,(H,19,20). The largest absolute Gasteiger partial charge is 0.480 e. The van der Waals surface area contributed by atoms with E-state index < -0.39 is 12.0 Å². The van der Waals surface area contributed by atoms with E-state index in [4.69, 9.17) is 0 Å². The highest BCUT2D eigenvalue weighted by molar-refractivity contribution is 7.09. The van der Waals surface area contributed by atoms with Gasteiger partial charge in [-0.15, -0.1) is 11.3 Å². The molecule has 2 unspecified atom stereocenters. The minimum absolute atomic E-state index is 0.00601. The summed E-state index contributed by atoms with van der Waals surface area (Å²) in [6.07, 6.45) is 4.65. The van der Waals surface area contributed by atoms with Crippen molar-refractivity contribution < 1.29 is 14.7 Å². The number of piperidine rings is 1. The van der Waals surface area contributed by atoms with Gasteiger partial charge in [0.15, 0.2) is 0 Å². The van der Waals surface area contributed by atoms with Crippen LogP contribution in [0.5, 0.6) is 0 Å². The summed E-state index contributed by atoms with van der Waals surface area (Å²) in [6, 6.07) is 3.46. The number of carboxylic acids is 1. The summed E-state index contributed by atoms with van der Waals surface area (Å²) >= 11 is 1.70. The highest BCUT2D eigenvalue weighted by Gasteiger charge is 2.35. The molecule has 0 saturated carbocycles. The van der Waals surface area contributed by atoms with Crippen LogP contribution in [0.1, 0.15) is 43.9 Å². The van der Waals surface area contributed by atoms with Gasteiger partial charge >= 0.3 is 5.97 Å². The summed E-state index contributed by atoms with van der Waals surface area (Å²) in [7, 11) is 0. The number of hydrogen-bond acceptors (Lipinski definition) is 3. The van der Waals surface area contributed by atoms with Crippen LogP contribution in [0.3, 0.4) is 0 Å². The summed E-state index contributed by atoms with van der Waals surface area (Å²) in [5, 5.41) is 11.4. The third-order valence-electron chi connectivity index (χ3n) is 4.29. The Kier molecular flexibility index (Phi) is 5.79. The monoisotopic (exact) mass is 309 g/mol. The Morgan fingerprint density at radius 1 is 1.48 bits per heavy atom. The van der Waals surface area contributed by atoms with Crippen LogP contribution in [0.15, 0.2) is 17.5 Å². The van der Waals surface area contributed by atoms with Crippen LogP contribution in [0.25, 0.3) is 0 Å². The summed E-state index contributed by atoms with van der Waals surface area (Å²) in [4.78, 5) is 26.6. The summed E-state index contributed by atoms with van der Waals surface area (Å²) < 4.78 is 0. The molecule has 1 fully saturated rings. The molecule has 0 aliphatic carbocycles. The van der Waals surface area contributed by atoms with Crippen molar-refractivity contribution >= 4 is 23.2 Å².